The van der Waals surface area contributed by atoms with Gasteiger partial charge >= 0.3 is 5.63 Å². The highest BCUT2D eigenvalue weighted by molar-refractivity contribution is 6.31. The second kappa shape index (κ2) is 7.77. The number of carbonyl (C=O) groups excluding carboxylic acids is 1. The predicted molar refractivity (Wildman–Crippen MR) is 99.3 cm³/mol. The molecule has 0 aliphatic heterocycles. The average Bonchev–Trinajstić information content (AvgIpc) is 2.64. The lowest BCUT2D eigenvalue weighted by Gasteiger charge is -2.11. The summed E-state index contributed by atoms with van der Waals surface area (Å²) in [5.74, 6) is 4.36. The van der Waals surface area contributed by atoms with Gasteiger partial charge in [0.05, 0.1) is 0 Å². The number of carbonyl (C=O) groups is 1. The summed E-state index contributed by atoms with van der Waals surface area (Å²) in [7, 11) is 0. The van der Waals surface area contributed by atoms with Crippen molar-refractivity contribution in [3.8, 4) is 5.75 Å². The zero-order valence-electron chi connectivity index (χ0n) is 14.3. The van der Waals surface area contributed by atoms with Gasteiger partial charge in [0.2, 0.25) is 0 Å². The lowest BCUT2D eigenvalue weighted by atomic mass is 9.99. The fraction of sp³-hybridized carbons (Fsp3) is 0.158. The average molecular weight is 391 g/mol. The molecule has 1 amide bonds. The smallest absolute Gasteiger partial charge is 0.340 e. The molecule has 27 heavy (non-hydrogen) atoms. The maximum absolute atomic E-state index is 14.1. The number of ether oxygens (including phenoxy) is 1. The highest BCUT2D eigenvalue weighted by Gasteiger charge is 2.16. The minimum absolute atomic E-state index is 0.0184. The van der Waals surface area contributed by atoms with Crippen molar-refractivity contribution in [2.45, 2.75) is 13.3 Å². The third kappa shape index (κ3) is 3.94. The number of nitrogens with one attached hydrogen (secondary N) is 1. The Labute approximate surface area is 158 Å². The van der Waals surface area contributed by atoms with E-state index in [2.05, 4.69) is 0 Å². The molecule has 0 aliphatic carbocycles. The predicted octanol–water partition coefficient (Wildman–Crippen LogP) is 2.85. The second-order valence-corrected chi connectivity index (χ2v) is 6.29. The highest BCUT2D eigenvalue weighted by atomic mass is 35.5. The van der Waals surface area contributed by atoms with Gasteiger partial charge in [-0.1, -0.05) is 17.7 Å². The summed E-state index contributed by atoms with van der Waals surface area (Å²) >= 11 is 6.06. The van der Waals surface area contributed by atoms with Crippen LogP contribution in [0.3, 0.4) is 0 Å². The van der Waals surface area contributed by atoms with E-state index in [1.165, 1.54) is 18.2 Å². The Morgan fingerprint density at radius 3 is 2.78 bits per heavy atom. The van der Waals surface area contributed by atoms with E-state index in [0.29, 0.717) is 27.8 Å². The number of halogens is 2. The molecule has 3 N–H and O–H groups in total. The zero-order chi connectivity index (χ0) is 19.6. The van der Waals surface area contributed by atoms with Crippen LogP contribution in [-0.4, -0.2) is 12.5 Å². The van der Waals surface area contributed by atoms with Crippen LogP contribution in [0.25, 0.3) is 11.0 Å². The van der Waals surface area contributed by atoms with Crippen molar-refractivity contribution >= 4 is 28.5 Å². The first-order valence-electron chi connectivity index (χ1n) is 8.02. The van der Waals surface area contributed by atoms with Crippen LogP contribution in [0, 0.1) is 12.7 Å². The van der Waals surface area contributed by atoms with Crippen LogP contribution >= 0.6 is 11.6 Å². The quantitative estimate of drug-likeness (QED) is 0.302. The molecule has 0 fully saturated rings. The van der Waals surface area contributed by atoms with Crippen LogP contribution in [-0.2, 0) is 11.2 Å². The molecule has 140 valence electrons. The molecule has 0 saturated heterocycles. The molecule has 0 bridgehead atoms. The van der Waals surface area contributed by atoms with Gasteiger partial charge in [-0.3, -0.25) is 10.2 Å². The zero-order valence-corrected chi connectivity index (χ0v) is 15.1. The van der Waals surface area contributed by atoms with Gasteiger partial charge in [-0.2, -0.15) is 0 Å². The normalized spacial score (nSPS) is 10.8. The number of nitrogens with two attached hydrogens (primary N) is 1. The summed E-state index contributed by atoms with van der Waals surface area (Å²) in [6.45, 7) is 1.49. The molecule has 0 aliphatic rings. The summed E-state index contributed by atoms with van der Waals surface area (Å²) in [6, 6.07) is 9.21. The summed E-state index contributed by atoms with van der Waals surface area (Å²) in [4.78, 5) is 23.6. The van der Waals surface area contributed by atoms with E-state index in [-0.39, 0.29) is 23.6 Å². The van der Waals surface area contributed by atoms with Crippen LogP contribution in [0.15, 0.2) is 45.6 Å². The van der Waals surface area contributed by atoms with Gasteiger partial charge in [-0.05, 0) is 36.8 Å². The van der Waals surface area contributed by atoms with Crippen molar-refractivity contribution in [1.82, 2.24) is 5.43 Å². The fourth-order valence-corrected chi connectivity index (χ4v) is 2.97. The van der Waals surface area contributed by atoms with E-state index in [4.69, 9.17) is 26.6 Å². The van der Waals surface area contributed by atoms with Crippen molar-refractivity contribution < 1.29 is 18.3 Å². The molecule has 3 rings (SSSR count). The van der Waals surface area contributed by atoms with E-state index in [1.807, 2.05) is 5.43 Å². The van der Waals surface area contributed by atoms with Crippen molar-refractivity contribution in [1.29, 1.82) is 0 Å². The Morgan fingerprint density at radius 1 is 1.30 bits per heavy atom. The molecule has 6 nitrogen and oxygen atoms in total. The number of benzene rings is 2. The standard InChI is InChI=1S/C19H16ClFN2O4/c1-10-12-6-5-11(26-9-18(24)23-22)7-17(12)27-19(25)13(10)8-14-15(20)3-2-4-16(14)21/h2-7H,8-9,22H2,1H3,(H,23,24). The Morgan fingerprint density at radius 2 is 2.07 bits per heavy atom. The molecule has 2 aromatic carbocycles. The maximum atomic E-state index is 14.1. The van der Waals surface area contributed by atoms with E-state index in [9.17, 15) is 14.0 Å². The summed E-state index contributed by atoms with van der Waals surface area (Å²) in [5.41, 5.74) is 2.88. The first-order valence-corrected chi connectivity index (χ1v) is 8.40. The van der Waals surface area contributed by atoms with Crippen LogP contribution in [0.4, 0.5) is 4.39 Å². The molecule has 0 unspecified atom stereocenters. The lowest BCUT2D eigenvalue weighted by molar-refractivity contribution is -0.123. The maximum Gasteiger partial charge on any atom is 0.340 e. The molecule has 1 aromatic heterocycles. The first kappa shape index (κ1) is 18.9. The fourth-order valence-electron chi connectivity index (χ4n) is 2.74. The molecular weight excluding hydrogens is 375 g/mol. The Bertz CT molecular complexity index is 1060. The summed E-state index contributed by atoms with van der Waals surface area (Å²) in [5, 5.41) is 0.920. The Kier molecular flexibility index (Phi) is 5.43. The third-order valence-corrected chi connectivity index (χ3v) is 4.56. The number of hydrogen-bond donors (Lipinski definition) is 2. The van der Waals surface area contributed by atoms with Crippen molar-refractivity contribution in [2.24, 2.45) is 5.84 Å². The lowest BCUT2D eigenvalue weighted by Crippen LogP contribution is -2.34. The van der Waals surface area contributed by atoms with Crippen molar-refractivity contribution in [3.63, 3.8) is 0 Å². The topological polar surface area (TPSA) is 94.6 Å². The number of hydrazine groups is 1. The monoisotopic (exact) mass is 390 g/mol. The molecule has 1 heterocycles. The van der Waals surface area contributed by atoms with Gasteiger partial charge in [0.15, 0.2) is 6.61 Å². The van der Waals surface area contributed by atoms with E-state index in [0.717, 1.165) is 0 Å². The molecule has 8 heteroatoms. The van der Waals surface area contributed by atoms with Gasteiger partial charge in [-0.15, -0.1) is 0 Å². The number of hydrogen-bond acceptors (Lipinski definition) is 5. The van der Waals surface area contributed by atoms with Gasteiger partial charge < -0.3 is 9.15 Å². The SMILES string of the molecule is Cc1c(Cc2c(F)cccc2Cl)c(=O)oc2cc(OCC(=O)NN)ccc12. The van der Waals surface area contributed by atoms with Crippen LogP contribution in [0.1, 0.15) is 16.7 Å². The minimum atomic E-state index is -0.587. The molecule has 0 spiro atoms. The van der Waals surface area contributed by atoms with Gasteiger partial charge in [0.1, 0.15) is 17.1 Å². The Balaban J connectivity index is 1.99. The van der Waals surface area contributed by atoms with Gasteiger partial charge in [-0.25, -0.2) is 15.0 Å². The molecule has 0 atom stereocenters. The number of rotatable bonds is 5. The minimum Gasteiger partial charge on any atom is -0.484 e. The van der Waals surface area contributed by atoms with E-state index < -0.39 is 17.3 Å². The number of fused-ring (bicyclic) bond motifs is 1. The molecule has 0 radical (unpaired) electrons. The van der Waals surface area contributed by atoms with Gasteiger partial charge in [0, 0.05) is 34.0 Å². The number of amides is 1. The van der Waals surface area contributed by atoms with Crippen LogP contribution in [0.5, 0.6) is 5.75 Å². The third-order valence-electron chi connectivity index (χ3n) is 4.20. The molecular formula is C19H16ClFN2O4. The van der Waals surface area contributed by atoms with Crippen LogP contribution < -0.4 is 21.6 Å². The van der Waals surface area contributed by atoms with Gasteiger partial charge in [0.25, 0.3) is 5.91 Å². The second-order valence-electron chi connectivity index (χ2n) is 5.88. The van der Waals surface area contributed by atoms with Crippen LogP contribution in [0.2, 0.25) is 5.02 Å². The molecule has 3 aromatic rings. The van der Waals surface area contributed by atoms with E-state index in [1.54, 1.807) is 25.1 Å². The first-order chi connectivity index (χ1) is 12.9. The summed E-state index contributed by atoms with van der Waals surface area (Å²) < 4.78 is 24.7. The largest absolute Gasteiger partial charge is 0.484 e. The van der Waals surface area contributed by atoms with Crippen molar-refractivity contribution in [2.75, 3.05) is 6.61 Å². The van der Waals surface area contributed by atoms with E-state index >= 15 is 0 Å². The number of aryl methyl sites for hydroxylation is 1. The molecule has 0 saturated carbocycles. The Hall–Kier alpha value is -2.90. The highest BCUT2D eigenvalue weighted by Crippen LogP contribution is 2.27. The van der Waals surface area contributed by atoms with Crippen molar-refractivity contribution in [3.05, 3.63) is 74.3 Å². The summed E-state index contributed by atoms with van der Waals surface area (Å²) in [6.07, 6.45) is 0.0184.